The minimum Gasteiger partial charge on any atom is -0.487 e. The van der Waals surface area contributed by atoms with Crippen molar-refractivity contribution < 1.29 is 4.74 Å². The number of nitrogens with one attached hydrogen (secondary N) is 1. The maximum absolute atomic E-state index is 6.09. The largest absolute Gasteiger partial charge is 0.487 e. The third-order valence-electron chi connectivity index (χ3n) is 4.37. The van der Waals surface area contributed by atoms with Gasteiger partial charge in [0.1, 0.15) is 11.4 Å². The molecule has 0 radical (unpaired) electrons. The van der Waals surface area contributed by atoms with Crippen LogP contribution in [0.2, 0.25) is 0 Å². The van der Waals surface area contributed by atoms with Gasteiger partial charge in [0.25, 0.3) is 0 Å². The first-order chi connectivity index (χ1) is 9.09. The van der Waals surface area contributed by atoms with E-state index in [9.17, 15) is 0 Å². The summed E-state index contributed by atoms with van der Waals surface area (Å²) < 4.78 is 6.09. The molecule has 1 aliphatic heterocycles. The Labute approximate surface area is 116 Å². The fourth-order valence-electron chi connectivity index (χ4n) is 3.35. The maximum Gasteiger partial charge on any atom is 0.124 e. The summed E-state index contributed by atoms with van der Waals surface area (Å²) in [6.45, 7) is 6.66. The second-order valence-electron chi connectivity index (χ2n) is 6.71. The summed E-state index contributed by atoms with van der Waals surface area (Å²) in [5.41, 5.74) is 1.27. The molecule has 2 aliphatic rings. The van der Waals surface area contributed by atoms with Gasteiger partial charge in [0.15, 0.2) is 0 Å². The van der Waals surface area contributed by atoms with Gasteiger partial charge >= 0.3 is 0 Å². The van der Waals surface area contributed by atoms with Crippen LogP contribution in [0.3, 0.4) is 0 Å². The number of hydrogen-bond donors (Lipinski definition) is 1. The second kappa shape index (κ2) is 4.82. The first-order valence-corrected chi connectivity index (χ1v) is 7.63. The van der Waals surface area contributed by atoms with Gasteiger partial charge in [0.2, 0.25) is 0 Å². The molecule has 3 rings (SSSR count). The van der Waals surface area contributed by atoms with Crippen LogP contribution in [-0.4, -0.2) is 11.6 Å². The van der Waals surface area contributed by atoms with Crippen molar-refractivity contribution in [3.63, 3.8) is 0 Å². The van der Waals surface area contributed by atoms with Gasteiger partial charge in [-0.15, -0.1) is 0 Å². The highest BCUT2D eigenvalue weighted by Gasteiger charge is 2.41. The zero-order chi connectivity index (χ0) is 13.5. The van der Waals surface area contributed by atoms with E-state index in [1.807, 2.05) is 0 Å². The molecule has 1 aromatic rings. The van der Waals surface area contributed by atoms with E-state index in [1.165, 1.54) is 24.8 Å². The van der Waals surface area contributed by atoms with E-state index >= 15 is 0 Å². The van der Waals surface area contributed by atoms with Gasteiger partial charge < -0.3 is 10.1 Å². The Hall–Kier alpha value is -1.02. The molecule has 3 atom stereocenters. The second-order valence-corrected chi connectivity index (χ2v) is 6.71. The zero-order valence-electron chi connectivity index (χ0n) is 12.3. The van der Waals surface area contributed by atoms with E-state index in [4.69, 9.17) is 4.74 Å². The number of rotatable bonds is 4. The molecule has 1 aromatic carbocycles. The lowest BCUT2D eigenvalue weighted by Crippen LogP contribution is -2.40. The van der Waals surface area contributed by atoms with Crippen LogP contribution in [0.25, 0.3) is 0 Å². The summed E-state index contributed by atoms with van der Waals surface area (Å²) in [6, 6.07) is 9.67. The van der Waals surface area contributed by atoms with Crippen LogP contribution >= 0.6 is 0 Å². The molecular weight excluding hydrogens is 234 g/mol. The van der Waals surface area contributed by atoms with E-state index in [0.717, 1.165) is 24.1 Å². The highest BCUT2D eigenvalue weighted by atomic mass is 16.5. The molecule has 19 heavy (non-hydrogen) atoms. The van der Waals surface area contributed by atoms with Gasteiger partial charge in [-0.25, -0.2) is 0 Å². The molecule has 3 unspecified atom stereocenters. The lowest BCUT2D eigenvalue weighted by molar-refractivity contribution is 0.0654. The Morgan fingerprint density at radius 1 is 1.32 bits per heavy atom. The van der Waals surface area contributed by atoms with E-state index in [0.29, 0.717) is 6.04 Å². The molecule has 0 spiro atoms. The lowest BCUT2D eigenvalue weighted by atomic mass is 9.89. The normalized spacial score (nSPS) is 31.4. The van der Waals surface area contributed by atoms with Crippen molar-refractivity contribution in [1.29, 1.82) is 0 Å². The molecule has 1 heterocycles. The predicted molar refractivity (Wildman–Crippen MR) is 78.4 cm³/mol. The van der Waals surface area contributed by atoms with Crippen LogP contribution in [0.5, 0.6) is 5.75 Å². The quantitative estimate of drug-likeness (QED) is 0.880. The minimum absolute atomic E-state index is 0.0683. The number of hydrogen-bond acceptors (Lipinski definition) is 2. The van der Waals surface area contributed by atoms with Crippen molar-refractivity contribution in [3.05, 3.63) is 29.8 Å². The maximum atomic E-state index is 6.09. The molecule has 0 aromatic heterocycles. The fourth-order valence-corrected chi connectivity index (χ4v) is 3.35. The van der Waals surface area contributed by atoms with Crippen LogP contribution in [0.15, 0.2) is 24.3 Å². The van der Waals surface area contributed by atoms with Crippen molar-refractivity contribution in [2.45, 2.75) is 64.1 Å². The Bertz CT molecular complexity index is 454. The number of benzene rings is 1. The van der Waals surface area contributed by atoms with Gasteiger partial charge in [0.05, 0.1) is 0 Å². The summed E-state index contributed by atoms with van der Waals surface area (Å²) in [7, 11) is 0. The molecule has 104 valence electrons. The minimum atomic E-state index is -0.0683. The number of ether oxygens (including phenoxy) is 1. The van der Waals surface area contributed by atoms with Crippen LogP contribution in [0.1, 0.15) is 58.1 Å². The standard InChI is InChI=1S/C17H25NO/c1-4-7-12-10-14(12)18-15-11-17(2,3)19-16-9-6-5-8-13(15)16/h5-6,8-9,12,14-15,18H,4,7,10-11H2,1-3H3. The van der Waals surface area contributed by atoms with Gasteiger partial charge in [-0.05, 0) is 38.7 Å². The third-order valence-corrected chi connectivity index (χ3v) is 4.37. The topological polar surface area (TPSA) is 21.3 Å². The Morgan fingerprint density at radius 2 is 2.11 bits per heavy atom. The smallest absolute Gasteiger partial charge is 0.124 e. The summed E-state index contributed by atoms with van der Waals surface area (Å²) in [5.74, 6) is 1.96. The molecule has 1 saturated carbocycles. The van der Waals surface area contributed by atoms with E-state index < -0.39 is 0 Å². The summed E-state index contributed by atoms with van der Waals surface area (Å²) in [6.07, 6.45) is 5.08. The summed E-state index contributed by atoms with van der Waals surface area (Å²) in [5, 5.41) is 3.86. The average molecular weight is 259 g/mol. The first-order valence-electron chi connectivity index (χ1n) is 7.63. The molecular formula is C17H25NO. The summed E-state index contributed by atoms with van der Waals surface area (Å²) >= 11 is 0. The first kappa shape index (κ1) is 13.0. The fraction of sp³-hybridized carbons (Fsp3) is 0.647. The Balaban J connectivity index is 1.74. The Kier molecular flexibility index (Phi) is 3.30. The van der Waals surface area contributed by atoms with E-state index in [1.54, 1.807) is 0 Å². The lowest BCUT2D eigenvalue weighted by Gasteiger charge is -2.38. The number of fused-ring (bicyclic) bond motifs is 1. The van der Waals surface area contributed by atoms with Gasteiger partial charge in [-0.3, -0.25) is 0 Å². The van der Waals surface area contributed by atoms with Crippen LogP contribution in [-0.2, 0) is 0 Å². The van der Waals surface area contributed by atoms with Gasteiger partial charge in [-0.2, -0.15) is 0 Å². The van der Waals surface area contributed by atoms with Crippen molar-refractivity contribution >= 4 is 0 Å². The molecule has 0 amide bonds. The molecule has 2 nitrogen and oxygen atoms in total. The molecule has 0 bridgehead atoms. The molecule has 1 aliphatic carbocycles. The highest BCUT2D eigenvalue weighted by molar-refractivity contribution is 5.38. The van der Waals surface area contributed by atoms with Gasteiger partial charge in [0, 0.05) is 24.1 Å². The van der Waals surface area contributed by atoms with E-state index in [2.05, 4.69) is 50.4 Å². The van der Waals surface area contributed by atoms with Crippen LogP contribution < -0.4 is 10.1 Å². The van der Waals surface area contributed by atoms with Crippen molar-refractivity contribution in [3.8, 4) is 5.75 Å². The molecule has 1 fully saturated rings. The SMILES string of the molecule is CCCC1CC1NC1CC(C)(C)Oc2ccccc21. The average Bonchev–Trinajstić information content (AvgIpc) is 3.06. The van der Waals surface area contributed by atoms with Crippen LogP contribution in [0, 0.1) is 5.92 Å². The van der Waals surface area contributed by atoms with E-state index in [-0.39, 0.29) is 5.60 Å². The van der Waals surface area contributed by atoms with Crippen molar-refractivity contribution in [1.82, 2.24) is 5.32 Å². The van der Waals surface area contributed by atoms with Gasteiger partial charge in [-0.1, -0.05) is 31.5 Å². The number of para-hydroxylation sites is 1. The predicted octanol–water partition coefficient (Wildman–Crippen LogP) is 4.07. The molecule has 2 heteroatoms. The molecule has 1 N–H and O–H groups in total. The van der Waals surface area contributed by atoms with Crippen LogP contribution in [0.4, 0.5) is 0 Å². The monoisotopic (exact) mass is 259 g/mol. The van der Waals surface area contributed by atoms with Crippen molar-refractivity contribution in [2.75, 3.05) is 0 Å². The molecule has 0 saturated heterocycles. The summed E-state index contributed by atoms with van der Waals surface area (Å²) in [4.78, 5) is 0. The third kappa shape index (κ3) is 2.79. The highest BCUT2D eigenvalue weighted by Crippen LogP contribution is 2.43. The van der Waals surface area contributed by atoms with Crippen molar-refractivity contribution in [2.24, 2.45) is 5.92 Å². The zero-order valence-corrected chi connectivity index (χ0v) is 12.3. The Morgan fingerprint density at radius 3 is 2.89 bits per heavy atom.